The van der Waals surface area contributed by atoms with Gasteiger partial charge in [-0.25, -0.2) is 0 Å². The van der Waals surface area contributed by atoms with Gasteiger partial charge in [-0.05, 0) is 68.3 Å². The fraction of sp³-hybridized carbons (Fsp3) is 0.571. The molecule has 1 aliphatic heterocycles. The molecule has 0 spiro atoms. The molecule has 2 saturated carbocycles. The summed E-state index contributed by atoms with van der Waals surface area (Å²) in [6.45, 7) is 1.01. The Hall–Kier alpha value is -1.95. The Morgan fingerprint density at radius 3 is 2.93 bits per heavy atom. The third-order valence-electron chi connectivity index (χ3n) is 6.54. The van der Waals surface area contributed by atoms with Crippen LogP contribution in [0.25, 0.3) is 11.4 Å². The number of nitrogens with one attached hydrogen (secondary N) is 2. The van der Waals surface area contributed by atoms with E-state index < -0.39 is 0 Å². The Morgan fingerprint density at radius 2 is 2.07 bits per heavy atom. The zero-order valence-electron chi connectivity index (χ0n) is 15.7. The summed E-state index contributed by atoms with van der Waals surface area (Å²) < 4.78 is 2.29. The van der Waals surface area contributed by atoms with Crippen LogP contribution in [0.15, 0.2) is 24.3 Å². The molecule has 2 N–H and O–H groups in total. The second-order valence-corrected chi connectivity index (χ2v) is 8.77. The Kier molecular flexibility index (Phi) is 4.60. The maximum Gasteiger partial charge on any atom is 0.171 e. The summed E-state index contributed by atoms with van der Waals surface area (Å²) in [5, 5.41) is 16.6. The first kappa shape index (κ1) is 17.2. The summed E-state index contributed by atoms with van der Waals surface area (Å²) in [7, 11) is 0. The fourth-order valence-corrected chi connectivity index (χ4v) is 5.46. The molecule has 2 fully saturated rings. The number of thiocarbonyl (C=S) groups is 1. The van der Waals surface area contributed by atoms with Crippen LogP contribution in [0.1, 0.15) is 50.8 Å². The van der Waals surface area contributed by atoms with Gasteiger partial charge >= 0.3 is 0 Å². The van der Waals surface area contributed by atoms with Gasteiger partial charge in [-0.3, -0.25) is 0 Å². The van der Waals surface area contributed by atoms with E-state index in [2.05, 4.69) is 49.7 Å². The van der Waals surface area contributed by atoms with E-state index in [0.29, 0.717) is 6.04 Å². The molecule has 6 heteroatoms. The average molecular weight is 382 g/mol. The summed E-state index contributed by atoms with van der Waals surface area (Å²) in [6.07, 6.45) is 10.1. The highest BCUT2D eigenvalue weighted by molar-refractivity contribution is 7.80. The summed E-state index contributed by atoms with van der Waals surface area (Å²) in [4.78, 5) is 0. The molecule has 0 unspecified atom stereocenters. The molecule has 0 saturated heterocycles. The van der Waals surface area contributed by atoms with Crippen LogP contribution < -0.4 is 10.6 Å². The molecule has 0 amide bonds. The third-order valence-corrected chi connectivity index (χ3v) is 6.76. The molecule has 1 aromatic heterocycles. The highest BCUT2D eigenvalue weighted by Gasteiger charge is 2.39. The van der Waals surface area contributed by atoms with Crippen molar-refractivity contribution in [2.75, 3.05) is 5.32 Å². The SMILES string of the molecule is S=C(Nc1cccc(-c2nnc3n2CCCCC3)c1)N[C@H]1C[C@H]2CC[C@H]1C2. The number of fused-ring (bicyclic) bond motifs is 3. The summed E-state index contributed by atoms with van der Waals surface area (Å²) in [5.41, 5.74) is 2.11. The molecule has 2 aromatic rings. The molecule has 27 heavy (non-hydrogen) atoms. The van der Waals surface area contributed by atoms with Gasteiger partial charge in [0, 0.05) is 30.3 Å². The lowest BCUT2D eigenvalue weighted by molar-refractivity contribution is 0.392. The molecule has 2 bridgehead atoms. The van der Waals surface area contributed by atoms with Crippen molar-refractivity contribution in [3.8, 4) is 11.4 Å². The van der Waals surface area contributed by atoms with Crippen molar-refractivity contribution in [2.45, 2.75) is 64.0 Å². The van der Waals surface area contributed by atoms with E-state index in [0.717, 1.165) is 52.8 Å². The summed E-state index contributed by atoms with van der Waals surface area (Å²) in [5.74, 6) is 3.83. The van der Waals surface area contributed by atoms with Crippen molar-refractivity contribution < 1.29 is 0 Å². The maximum atomic E-state index is 5.59. The quantitative estimate of drug-likeness (QED) is 0.783. The van der Waals surface area contributed by atoms with Crippen LogP contribution >= 0.6 is 12.2 Å². The number of hydrogen-bond donors (Lipinski definition) is 2. The lowest BCUT2D eigenvalue weighted by Crippen LogP contribution is -2.40. The van der Waals surface area contributed by atoms with E-state index in [1.54, 1.807) is 0 Å². The van der Waals surface area contributed by atoms with Crippen LogP contribution in [0.2, 0.25) is 0 Å². The number of aromatic nitrogens is 3. The highest BCUT2D eigenvalue weighted by atomic mass is 32.1. The largest absolute Gasteiger partial charge is 0.359 e. The third kappa shape index (κ3) is 3.47. The monoisotopic (exact) mass is 381 g/mol. The van der Waals surface area contributed by atoms with Crippen LogP contribution in [0.4, 0.5) is 5.69 Å². The van der Waals surface area contributed by atoms with Crippen LogP contribution in [-0.2, 0) is 13.0 Å². The Labute approximate surface area is 166 Å². The van der Waals surface area contributed by atoms with E-state index in [1.165, 1.54) is 44.9 Å². The first-order valence-electron chi connectivity index (χ1n) is 10.4. The van der Waals surface area contributed by atoms with E-state index in [4.69, 9.17) is 12.2 Å². The van der Waals surface area contributed by atoms with Gasteiger partial charge < -0.3 is 15.2 Å². The Morgan fingerprint density at radius 1 is 1.11 bits per heavy atom. The zero-order chi connectivity index (χ0) is 18.2. The van der Waals surface area contributed by atoms with E-state index in [9.17, 15) is 0 Å². The topological polar surface area (TPSA) is 54.8 Å². The van der Waals surface area contributed by atoms with Crippen LogP contribution in [0.5, 0.6) is 0 Å². The van der Waals surface area contributed by atoms with Crippen molar-refractivity contribution in [3.05, 3.63) is 30.1 Å². The van der Waals surface area contributed by atoms with Gasteiger partial charge in [-0.2, -0.15) is 0 Å². The van der Waals surface area contributed by atoms with Gasteiger partial charge in [-0.15, -0.1) is 10.2 Å². The second kappa shape index (κ2) is 7.23. The highest BCUT2D eigenvalue weighted by Crippen LogP contribution is 2.44. The molecule has 5 nitrogen and oxygen atoms in total. The Balaban J connectivity index is 1.29. The number of hydrogen-bond acceptors (Lipinski definition) is 3. The molecular formula is C21H27N5S. The van der Waals surface area contributed by atoms with Gasteiger partial charge in [0.15, 0.2) is 10.9 Å². The molecule has 2 aliphatic carbocycles. The molecule has 3 atom stereocenters. The van der Waals surface area contributed by atoms with Gasteiger partial charge in [0.2, 0.25) is 0 Å². The predicted octanol–water partition coefficient (Wildman–Crippen LogP) is 4.15. The molecular weight excluding hydrogens is 354 g/mol. The lowest BCUT2D eigenvalue weighted by atomic mass is 9.96. The van der Waals surface area contributed by atoms with Gasteiger partial charge in [0.1, 0.15) is 5.82 Å². The van der Waals surface area contributed by atoms with Gasteiger partial charge in [0.05, 0.1) is 0 Å². The van der Waals surface area contributed by atoms with Gasteiger partial charge in [0.25, 0.3) is 0 Å². The summed E-state index contributed by atoms with van der Waals surface area (Å²) >= 11 is 5.59. The molecule has 142 valence electrons. The number of nitrogens with zero attached hydrogens (tertiary/aromatic N) is 3. The minimum atomic E-state index is 0.555. The molecule has 1 aromatic carbocycles. The molecule has 3 aliphatic rings. The minimum absolute atomic E-state index is 0.555. The van der Waals surface area contributed by atoms with Crippen LogP contribution in [0, 0.1) is 11.8 Å². The van der Waals surface area contributed by atoms with Crippen LogP contribution in [0.3, 0.4) is 0 Å². The second-order valence-electron chi connectivity index (χ2n) is 8.36. The van der Waals surface area contributed by atoms with Crippen molar-refractivity contribution in [1.82, 2.24) is 20.1 Å². The summed E-state index contributed by atoms with van der Waals surface area (Å²) in [6, 6.07) is 8.93. The number of anilines is 1. The fourth-order valence-electron chi connectivity index (χ4n) is 5.19. The number of aryl methyl sites for hydroxylation is 1. The van der Waals surface area contributed by atoms with E-state index in [1.807, 2.05) is 0 Å². The zero-order valence-corrected chi connectivity index (χ0v) is 16.5. The van der Waals surface area contributed by atoms with E-state index >= 15 is 0 Å². The standard InChI is InChI=1S/C21H27N5S/c27-21(23-18-12-14-8-9-15(18)11-14)22-17-6-4-5-16(13-17)20-25-24-19-7-2-1-3-10-26(19)20/h4-6,13-15,18H,1-3,7-12H2,(H2,22,23,27)/t14-,15-,18-/m0/s1. The number of benzene rings is 1. The molecule has 5 rings (SSSR count). The lowest BCUT2D eigenvalue weighted by Gasteiger charge is -2.24. The predicted molar refractivity (Wildman–Crippen MR) is 112 cm³/mol. The first-order valence-corrected chi connectivity index (χ1v) is 10.8. The minimum Gasteiger partial charge on any atom is -0.359 e. The van der Waals surface area contributed by atoms with E-state index in [-0.39, 0.29) is 0 Å². The normalized spacial score (nSPS) is 26.4. The van der Waals surface area contributed by atoms with Crippen molar-refractivity contribution in [2.24, 2.45) is 11.8 Å². The van der Waals surface area contributed by atoms with Crippen molar-refractivity contribution in [3.63, 3.8) is 0 Å². The van der Waals surface area contributed by atoms with Crippen molar-refractivity contribution >= 4 is 23.0 Å². The maximum absolute atomic E-state index is 5.59. The van der Waals surface area contributed by atoms with Gasteiger partial charge in [-0.1, -0.05) is 25.0 Å². The molecule has 2 heterocycles. The average Bonchev–Trinajstić information content (AvgIpc) is 3.34. The smallest absolute Gasteiger partial charge is 0.171 e. The van der Waals surface area contributed by atoms with Crippen molar-refractivity contribution in [1.29, 1.82) is 0 Å². The first-order chi connectivity index (χ1) is 13.3. The number of rotatable bonds is 3. The Bertz CT molecular complexity index is 845. The molecule has 0 radical (unpaired) electrons. The van der Waals surface area contributed by atoms with Crippen LogP contribution in [-0.4, -0.2) is 25.9 Å².